The molecule has 3 amide bonds. The van der Waals surface area contributed by atoms with Gasteiger partial charge in [-0.2, -0.15) is 0 Å². The van der Waals surface area contributed by atoms with Crippen molar-refractivity contribution in [3.63, 3.8) is 0 Å². The molecular formula is C15H21ClN4O2. The van der Waals surface area contributed by atoms with Gasteiger partial charge in [-0.1, -0.05) is 24.3 Å². The van der Waals surface area contributed by atoms with E-state index in [1.165, 1.54) is 0 Å². The Balaban J connectivity index is 0.00000242. The SMILES string of the molecule is C=CCNC(=O)NC(=O)CN1CCNCc2ccccc21.Cl. The maximum Gasteiger partial charge on any atom is 0.321 e. The predicted octanol–water partition coefficient (Wildman–Crippen LogP) is 1.03. The number of benzene rings is 1. The molecule has 0 saturated carbocycles. The standard InChI is InChI=1S/C15H20N4O2.ClH/c1-2-7-17-15(21)18-14(20)11-19-9-8-16-10-12-5-3-4-6-13(12)19;/h2-6,16H,1,7-11H2,(H2,17,18,20,21);1H. The van der Waals surface area contributed by atoms with Gasteiger partial charge in [0.25, 0.3) is 0 Å². The summed E-state index contributed by atoms with van der Waals surface area (Å²) in [7, 11) is 0. The fourth-order valence-electron chi connectivity index (χ4n) is 2.24. The summed E-state index contributed by atoms with van der Waals surface area (Å²) in [6, 6.07) is 7.46. The van der Waals surface area contributed by atoms with E-state index in [4.69, 9.17) is 0 Å². The molecule has 1 aromatic rings. The minimum atomic E-state index is -0.499. The first-order valence-corrected chi connectivity index (χ1v) is 6.93. The van der Waals surface area contributed by atoms with E-state index in [2.05, 4.69) is 22.5 Å². The fourth-order valence-corrected chi connectivity index (χ4v) is 2.24. The van der Waals surface area contributed by atoms with E-state index in [9.17, 15) is 9.59 Å². The van der Waals surface area contributed by atoms with Gasteiger partial charge in [-0.25, -0.2) is 4.79 Å². The van der Waals surface area contributed by atoms with E-state index < -0.39 is 6.03 Å². The van der Waals surface area contributed by atoms with Crippen molar-refractivity contribution in [2.24, 2.45) is 0 Å². The highest BCUT2D eigenvalue weighted by atomic mass is 35.5. The summed E-state index contributed by atoms with van der Waals surface area (Å²) in [6.07, 6.45) is 1.56. The number of rotatable bonds is 4. The Morgan fingerprint density at radius 1 is 1.36 bits per heavy atom. The molecule has 6 nitrogen and oxygen atoms in total. The number of hydrogen-bond acceptors (Lipinski definition) is 4. The zero-order chi connectivity index (χ0) is 15.1. The predicted molar refractivity (Wildman–Crippen MR) is 89.3 cm³/mol. The van der Waals surface area contributed by atoms with Crippen molar-refractivity contribution in [2.75, 3.05) is 31.1 Å². The van der Waals surface area contributed by atoms with Gasteiger partial charge in [0.15, 0.2) is 0 Å². The van der Waals surface area contributed by atoms with Crippen molar-refractivity contribution >= 4 is 30.0 Å². The second-order valence-electron chi connectivity index (χ2n) is 4.77. The van der Waals surface area contributed by atoms with Crippen LogP contribution in [0.1, 0.15) is 5.56 Å². The molecule has 2 rings (SSSR count). The molecule has 0 bridgehead atoms. The number of nitrogens with one attached hydrogen (secondary N) is 3. The van der Waals surface area contributed by atoms with Gasteiger partial charge in [0.05, 0.1) is 6.54 Å². The van der Waals surface area contributed by atoms with Crippen molar-refractivity contribution in [2.45, 2.75) is 6.54 Å². The van der Waals surface area contributed by atoms with Gasteiger partial charge in [0.1, 0.15) is 0 Å². The zero-order valence-corrected chi connectivity index (χ0v) is 13.1. The Bertz CT molecular complexity index is 536. The summed E-state index contributed by atoms with van der Waals surface area (Å²) in [5.41, 5.74) is 2.18. The molecular weight excluding hydrogens is 304 g/mol. The number of halogens is 1. The summed E-state index contributed by atoms with van der Waals surface area (Å²) in [6.45, 7) is 6.28. The number of anilines is 1. The lowest BCUT2D eigenvalue weighted by Gasteiger charge is -2.23. The second-order valence-corrected chi connectivity index (χ2v) is 4.77. The number of fused-ring (bicyclic) bond motifs is 1. The number of carbonyl (C=O) groups is 2. The molecule has 0 atom stereocenters. The van der Waals surface area contributed by atoms with Crippen LogP contribution in [0, 0.1) is 0 Å². The molecule has 0 aromatic heterocycles. The molecule has 0 radical (unpaired) electrons. The molecule has 0 unspecified atom stereocenters. The van der Waals surface area contributed by atoms with E-state index in [1.54, 1.807) is 6.08 Å². The molecule has 1 aliphatic heterocycles. The third-order valence-electron chi connectivity index (χ3n) is 3.20. The lowest BCUT2D eigenvalue weighted by Crippen LogP contribution is -2.45. The molecule has 22 heavy (non-hydrogen) atoms. The average molecular weight is 325 g/mol. The molecule has 0 spiro atoms. The van der Waals surface area contributed by atoms with E-state index in [-0.39, 0.29) is 24.9 Å². The lowest BCUT2D eigenvalue weighted by atomic mass is 10.1. The van der Waals surface area contributed by atoms with Gasteiger partial charge >= 0.3 is 6.03 Å². The van der Waals surface area contributed by atoms with Crippen molar-refractivity contribution < 1.29 is 9.59 Å². The summed E-state index contributed by atoms with van der Waals surface area (Å²) in [5, 5.41) is 8.14. The fraction of sp³-hybridized carbons (Fsp3) is 0.333. The first kappa shape index (κ1) is 18.0. The molecule has 120 valence electrons. The zero-order valence-electron chi connectivity index (χ0n) is 12.3. The minimum absolute atomic E-state index is 0. The van der Waals surface area contributed by atoms with Gasteiger partial charge < -0.3 is 15.5 Å². The van der Waals surface area contributed by atoms with Crippen LogP contribution in [0.2, 0.25) is 0 Å². The molecule has 1 heterocycles. The number of carbonyl (C=O) groups excluding carboxylic acids is 2. The van der Waals surface area contributed by atoms with Crippen LogP contribution in [0.15, 0.2) is 36.9 Å². The van der Waals surface area contributed by atoms with Gasteiger partial charge in [-0.15, -0.1) is 19.0 Å². The maximum atomic E-state index is 11.9. The third kappa shape index (κ3) is 5.05. The molecule has 0 fully saturated rings. The first-order valence-electron chi connectivity index (χ1n) is 6.93. The van der Waals surface area contributed by atoms with Crippen molar-refractivity contribution in [1.29, 1.82) is 0 Å². The van der Waals surface area contributed by atoms with E-state index in [0.29, 0.717) is 6.54 Å². The molecule has 1 aromatic carbocycles. The van der Waals surface area contributed by atoms with Crippen LogP contribution in [0.25, 0.3) is 0 Å². The number of amides is 3. The summed E-state index contributed by atoms with van der Waals surface area (Å²) in [4.78, 5) is 25.4. The maximum absolute atomic E-state index is 11.9. The quantitative estimate of drug-likeness (QED) is 0.723. The Kier molecular flexibility index (Phi) is 7.42. The number of para-hydroxylation sites is 1. The van der Waals surface area contributed by atoms with Crippen LogP contribution in [0.5, 0.6) is 0 Å². The highest BCUT2D eigenvalue weighted by Crippen LogP contribution is 2.21. The Morgan fingerprint density at radius 2 is 2.14 bits per heavy atom. The lowest BCUT2D eigenvalue weighted by molar-refractivity contribution is -0.118. The molecule has 7 heteroatoms. The number of urea groups is 1. The van der Waals surface area contributed by atoms with Crippen LogP contribution in [-0.2, 0) is 11.3 Å². The van der Waals surface area contributed by atoms with Crippen LogP contribution in [0.3, 0.4) is 0 Å². The molecule has 1 aliphatic rings. The Hall–Kier alpha value is -2.05. The van der Waals surface area contributed by atoms with Gasteiger partial charge in [-0.05, 0) is 11.6 Å². The number of nitrogens with zero attached hydrogens (tertiary/aromatic N) is 1. The number of imide groups is 1. The third-order valence-corrected chi connectivity index (χ3v) is 3.20. The largest absolute Gasteiger partial charge is 0.361 e. The first-order chi connectivity index (χ1) is 10.2. The van der Waals surface area contributed by atoms with Crippen molar-refractivity contribution in [3.8, 4) is 0 Å². The van der Waals surface area contributed by atoms with Gasteiger partial charge in [-0.3, -0.25) is 10.1 Å². The average Bonchev–Trinajstić information content (AvgIpc) is 2.68. The molecule has 3 N–H and O–H groups in total. The van der Waals surface area contributed by atoms with Crippen molar-refractivity contribution in [1.82, 2.24) is 16.0 Å². The highest BCUT2D eigenvalue weighted by Gasteiger charge is 2.18. The molecule has 0 saturated heterocycles. The Labute approximate surface area is 136 Å². The highest BCUT2D eigenvalue weighted by molar-refractivity contribution is 5.96. The van der Waals surface area contributed by atoms with Crippen LogP contribution < -0.4 is 20.9 Å². The van der Waals surface area contributed by atoms with Gasteiger partial charge in [0, 0.05) is 31.9 Å². The van der Waals surface area contributed by atoms with E-state index in [1.807, 2.05) is 29.2 Å². The van der Waals surface area contributed by atoms with E-state index in [0.717, 1.165) is 30.9 Å². The second kappa shape index (κ2) is 9.07. The Morgan fingerprint density at radius 3 is 2.91 bits per heavy atom. The summed E-state index contributed by atoms with van der Waals surface area (Å²) in [5.74, 6) is -0.326. The monoisotopic (exact) mass is 324 g/mol. The summed E-state index contributed by atoms with van der Waals surface area (Å²) < 4.78 is 0. The van der Waals surface area contributed by atoms with E-state index >= 15 is 0 Å². The normalized spacial score (nSPS) is 13.2. The van der Waals surface area contributed by atoms with Crippen LogP contribution in [-0.4, -0.2) is 38.1 Å². The van der Waals surface area contributed by atoms with Crippen LogP contribution in [0.4, 0.5) is 10.5 Å². The summed E-state index contributed by atoms with van der Waals surface area (Å²) >= 11 is 0. The molecule has 0 aliphatic carbocycles. The smallest absolute Gasteiger partial charge is 0.321 e. The van der Waals surface area contributed by atoms with Crippen molar-refractivity contribution in [3.05, 3.63) is 42.5 Å². The van der Waals surface area contributed by atoms with Gasteiger partial charge in [0.2, 0.25) is 5.91 Å². The number of hydrogen-bond donors (Lipinski definition) is 3. The van der Waals surface area contributed by atoms with Crippen LogP contribution >= 0.6 is 12.4 Å². The minimum Gasteiger partial charge on any atom is -0.361 e. The topological polar surface area (TPSA) is 73.5 Å².